The highest BCUT2D eigenvalue weighted by atomic mass is 127. The van der Waals surface area contributed by atoms with Gasteiger partial charge in [0.25, 0.3) is 5.91 Å². The SMILES string of the molecule is C=C(Nc1ncc(I)cc1OC(C)c1cccnc1C(=O)N(C)Cc1cc(C(C)(C)C)nn1C)OC(C)(C)OC. The predicted octanol–water partition coefficient (Wildman–Crippen LogP) is 5.81. The number of anilines is 1. The quantitative estimate of drug-likeness (QED) is 0.156. The average Bonchev–Trinajstić information content (AvgIpc) is 3.25. The van der Waals surface area contributed by atoms with Gasteiger partial charge >= 0.3 is 0 Å². The van der Waals surface area contributed by atoms with Gasteiger partial charge in [0.1, 0.15) is 11.8 Å². The van der Waals surface area contributed by atoms with Crippen molar-refractivity contribution in [2.45, 2.75) is 65.4 Å². The molecular weight excluding hydrogens is 623 g/mol. The Hall–Kier alpha value is -3.19. The molecule has 3 aromatic heterocycles. The first kappa shape index (κ1) is 31.3. The van der Waals surface area contributed by atoms with Crippen LogP contribution in [0.15, 0.2) is 49.1 Å². The van der Waals surface area contributed by atoms with Crippen LogP contribution in [0.4, 0.5) is 5.82 Å². The average molecular weight is 663 g/mol. The number of ether oxygens (including phenoxy) is 3. The number of aryl methyl sites for hydroxylation is 1. The summed E-state index contributed by atoms with van der Waals surface area (Å²) in [4.78, 5) is 24.1. The standard InChI is InChI=1S/C29H39IN6O4/c1-18(39-23-14-20(30)16-32-26(23)33-19(2)40-29(6,7)38-10)22-12-11-13-31-25(22)27(37)35(8)17-21-15-24(28(3,4)5)34-36(21)9/h11-16,18H,2,17H2,1,3-10H3,(H,32,33). The van der Waals surface area contributed by atoms with Gasteiger partial charge in [-0.15, -0.1) is 0 Å². The Balaban J connectivity index is 1.81. The van der Waals surface area contributed by atoms with Gasteiger partial charge in [-0.1, -0.05) is 26.8 Å². The molecule has 0 fully saturated rings. The lowest BCUT2D eigenvalue weighted by atomic mass is 9.92. The van der Waals surface area contributed by atoms with Gasteiger partial charge in [-0.3, -0.25) is 14.5 Å². The second-order valence-electron chi connectivity index (χ2n) is 11.0. The fourth-order valence-corrected chi connectivity index (χ4v) is 4.22. The molecular formula is C29H39IN6O4. The maximum atomic E-state index is 13.6. The molecule has 0 aliphatic rings. The number of halogens is 1. The number of hydrogen-bond donors (Lipinski definition) is 1. The molecule has 3 heterocycles. The van der Waals surface area contributed by atoms with Crippen LogP contribution >= 0.6 is 22.6 Å². The molecule has 0 saturated carbocycles. The zero-order chi connectivity index (χ0) is 29.8. The van der Waals surface area contributed by atoms with Crippen LogP contribution in [0.5, 0.6) is 5.75 Å². The van der Waals surface area contributed by atoms with E-state index in [2.05, 4.69) is 70.3 Å². The maximum Gasteiger partial charge on any atom is 0.272 e. The number of nitrogens with one attached hydrogen (secondary N) is 1. The van der Waals surface area contributed by atoms with E-state index < -0.39 is 11.9 Å². The minimum Gasteiger partial charge on any atom is -0.482 e. The van der Waals surface area contributed by atoms with E-state index in [1.54, 1.807) is 51.4 Å². The van der Waals surface area contributed by atoms with Crippen LogP contribution in [0.2, 0.25) is 0 Å². The molecule has 40 heavy (non-hydrogen) atoms. The Morgan fingerprint density at radius 2 is 1.93 bits per heavy atom. The van der Waals surface area contributed by atoms with Gasteiger partial charge in [0.15, 0.2) is 17.5 Å². The molecule has 3 rings (SSSR count). The zero-order valence-corrected chi connectivity index (χ0v) is 26.9. The molecule has 0 bridgehead atoms. The van der Waals surface area contributed by atoms with Crippen molar-refractivity contribution in [3.63, 3.8) is 0 Å². The van der Waals surface area contributed by atoms with Crippen LogP contribution in [0, 0.1) is 3.57 Å². The molecule has 216 valence electrons. The van der Waals surface area contributed by atoms with Crippen molar-refractivity contribution in [2.75, 3.05) is 19.5 Å². The van der Waals surface area contributed by atoms with E-state index in [0.29, 0.717) is 29.4 Å². The summed E-state index contributed by atoms with van der Waals surface area (Å²) >= 11 is 2.17. The van der Waals surface area contributed by atoms with Crippen molar-refractivity contribution in [3.05, 3.63) is 75.3 Å². The topological polar surface area (TPSA) is 104 Å². The largest absolute Gasteiger partial charge is 0.482 e. The molecule has 1 N–H and O–H groups in total. The van der Waals surface area contributed by atoms with Crippen molar-refractivity contribution in [3.8, 4) is 5.75 Å². The summed E-state index contributed by atoms with van der Waals surface area (Å²) in [7, 11) is 5.20. The predicted molar refractivity (Wildman–Crippen MR) is 163 cm³/mol. The van der Waals surface area contributed by atoms with Crippen molar-refractivity contribution < 1.29 is 19.0 Å². The normalized spacial score (nSPS) is 12.6. The van der Waals surface area contributed by atoms with Gasteiger partial charge in [0, 0.05) is 62.0 Å². The van der Waals surface area contributed by atoms with Crippen LogP contribution in [-0.2, 0) is 28.5 Å². The van der Waals surface area contributed by atoms with E-state index in [1.807, 2.05) is 36.9 Å². The summed E-state index contributed by atoms with van der Waals surface area (Å²) < 4.78 is 20.1. The minimum absolute atomic E-state index is 0.0875. The van der Waals surface area contributed by atoms with Crippen molar-refractivity contribution >= 4 is 34.3 Å². The lowest BCUT2D eigenvalue weighted by molar-refractivity contribution is -0.169. The number of pyridine rings is 2. The lowest BCUT2D eigenvalue weighted by Crippen LogP contribution is -2.29. The number of rotatable bonds is 11. The lowest BCUT2D eigenvalue weighted by Gasteiger charge is -2.26. The van der Waals surface area contributed by atoms with Crippen LogP contribution in [-0.4, -0.2) is 50.5 Å². The summed E-state index contributed by atoms with van der Waals surface area (Å²) in [6.45, 7) is 16.1. The first-order valence-corrected chi connectivity index (χ1v) is 13.9. The van der Waals surface area contributed by atoms with Crippen LogP contribution in [0.1, 0.15) is 75.1 Å². The fourth-order valence-electron chi connectivity index (χ4n) is 3.79. The third-order valence-corrected chi connectivity index (χ3v) is 6.80. The molecule has 0 aromatic carbocycles. The van der Waals surface area contributed by atoms with Gasteiger partial charge in [-0.2, -0.15) is 5.10 Å². The Labute approximate surface area is 250 Å². The molecule has 11 heteroatoms. The van der Waals surface area contributed by atoms with E-state index in [0.717, 1.165) is 15.0 Å². The van der Waals surface area contributed by atoms with Gasteiger partial charge in [-0.25, -0.2) is 4.98 Å². The number of amides is 1. The maximum absolute atomic E-state index is 13.6. The number of hydrogen-bond acceptors (Lipinski definition) is 8. The Morgan fingerprint density at radius 3 is 2.55 bits per heavy atom. The van der Waals surface area contributed by atoms with Gasteiger partial charge in [0.05, 0.1) is 17.9 Å². The van der Waals surface area contributed by atoms with E-state index in [-0.39, 0.29) is 17.2 Å². The molecule has 0 saturated heterocycles. The number of nitrogens with zero attached hydrogens (tertiary/aromatic N) is 5. The fraction of sp³-hybridized carbons (Fsp3) is 0.448. The number of methoxy groups -OCH3 is 1. The number of carbonyl (C=O) groups is 1. The van der Waals surface area contributed by atoms with Crippen molar-refractivity contribution in [1.29, 1.82) is 0 Å². The van der Waals surface area contributed by atoms with E-state index >= 15 is 0 Å². The highest BCUT2D eigenvalue weighted by Gasteiger charge is 2.25. The van der Waals surface area contributed by atoms with Crippen molar-refractivity contribution in [1.82, 2.24) is 24.6 Å². The van der Waals surface area contributed by atoms with Crippen LogP contribution < -0.4 is 10.1 Å². The van der Waals surface area contributed by atoms with Gasteiger partial charge < -0.3 is 24.4 Å². The summed E-state index contributed by atoms with van der Waals surface area (Å²) in [5.74, 6) is 0.0556. The third kappa shape index (κ3) is 7.94. The number of carbonyl (C=O) groups excluding carboxylic acids is 1. The molecule has 0 radical (unpaired) electrons. The molecule has 1 unspecified atom stereocenters. The zero-order valence-electron chi connectivity index (χ0n) is 24.7. The Bertz CT molecular complexity index is 1360. The van der Waals surface area contributed by atoms with Crippen LogP contribution in [0.3, 0.4) is 0 Å². The summed E-state index contributed by atoms with van der Waals surface area (Å²) in [6, 6.07) is 7.52. The molecule has 3 aromatic rings. The molecule has 0 aliphatic heterocycles. The summed E-state index contributed by atoms with van der Waals surface area (Å²) in [5, 5.41) is 7.68. The van der Waals surface area contributed by atoms with Gasteiger partial charge in [-0.05, 0) is 54.3 Å². The van der Waals surface area contributed by atoms with Gasteiger partial charge in [0.2, 0.25) is 5.79 Å². The second-order valence-corrected chi connectivity index (χ2v) is 12.3. The molecule has 10 nitrogen and oxygen atoms in total. The Morgan fingerprint density at radius 1 is 1.23 bits per heavy atom. The Kier molecular flexibility index (Phi) is 9.83. The molecule has 1 atom stereocenters. The molecule has 0 aliphatic carbocycles. The first-order valence-electron chi connectivity index (χ1n) is 12.9. The van der Waals surface area contributed by atoms with E-state index in [1.165, 1.54) is 0 Å². The van der Waals surface area contributed by atoms with Crippen molar-refractivity contribution in [2.24, 2.45) is 7.05 Å². The third-order valence-electron chi connectivity index (χ3n) is 6.21. The minimum atomic E-state index is -0.873. The monoisotopic (exact) mass is 662 g/mol. The highest BCUT2D eigenvalue weighted by Crippen LogP contribution is 2.32. The second kappa shape index (κ2) is 12.5. The first-order chi connectivity index (χ1) is 18.6. The van der Waals surface area contributed by atoms with E-state index in [9.17, 15) is 4.79 Å². The smallest absolute Gasteiger partial charge is 0.272 e. The van der Waals surface area contributed by atoms with Crippen LogP contribution in [0.25, 0.3) is 0 Å². The summed E-state index contributed by atoms with van der Waals surface area (Å²) in [6.07, 6.45) is 2.79. The van der Waals surface area contributed by atoms with E-state index in [4.69, 9.17) is 14.2 Å². The number of aromatic nitrogens is 4. The highest BCUT2D eigenvalue weighted by molar-refractivity contribution is 14.1. The molecule has 1 amide bonds. The molecule has 0 spiro atoms. The summed E-state index contributed by atoms with van der Waals surface area (Å²) in [5.41, 5.74) is 2.79.